The summed E-state index contributed by atoms with van der Waals surface area (Å²) < 4.78 is 0. The first-order valence-electron chi connectivity index (χ1n) is 7.03. The number of anilines is 1. The van der Waals surface area contributed by atoms with Gasteiger partial charge in [-0.2, -0.15) is 0 Å². The molecule has 0 unspecified atom stereocenters. The number of hydrogen-bond acceptors (Lipinski definition) is 3. The SMILES string of the molecule is CC(C)CN1CCN(C(=O)c2cc(N)cc(Cl)c2)CC1. The predicted molar refractivity (Wildman–Crippen MR) is 83.0 cm³/mol. The summed E-state index contributed by atoms with van der Waals surface area (Å²) in [7, 11) is 0. The Hall–Kier alpha value is -1.26. The standard InChI is InChI=1S/C15H22ClN3O/c1-11(2)10-18-3-5-19(6-4-18)15(20)12-7-13(16)9-14(17)8-12/h7-9,11H,3-6,10,17H2,1-2H3. The van der Waals surface area contributed by atoms with Gasteiger partial charge in [0.1, 0.15) is 0 Å². The van der Waals surface area contributed by atoms with Crippen molar-refractivity contribution >= 4 is 23.2 Å². The van der Waals surface area contributed by atoms with Gasteiger partial charge in [-0.05, 0) is 24.1 Å². The molecule has 1 saturated heterocycles. The van der Waals surface area contributed by atoms with Crippen molar-refractivity contribution in [2.24, 2.45) is 5.92 Å². The van der Waals surface area contributed by atoms with Gasteiger partial charge in [-0.1, -0.05) is 25.4 Å². The van der Waals surface area contributed by atoms with Crippen molar-refractivity contribution in [3.8, 4) is 0 Å². The molecule has 1 heterocycles. The summed E-state index contributed by atoms with van der Waals surface area (Å²) in [6, 6.07) is 5.02. The number of amides is 1. The van der Waals surface area contributed by atoms with Gasteiger partial charge < -0.3 is 10.6 Å². The highest BCUT2D eigenvalue weighted by molar-refractivity contribution is 6.31. The second-order valence-electron chi connectivity index (χ2n) is 5.76. The number of rotatable bonds is 3. The van der Waals surface area contributed by atoms with Gasteiger partial charge >= 0.3 is 0 Å². The smallest absolute Gasteiger partial charge is 0.254 e. The molecule has 1 aromatic rings. The number of carbonyl (C=O) groups excluding carboxylic acids is 1. The van der Waals surface area contributed by atoms with Crippen LogP contribution in [0.4, 0.5) is 5.69 Å². The first kappa shape index (κ1) is 15.1. The summed E-state index contributed by atoms with van der Waals surface area (Å²) in [4.78, 5) is 16.7. The fourth-order valence-electron chi connectivity index (χ4n) is 2.57. The number of benzene rings is 1. The van der Waals surface area contributed by atoms with Crippen LogP contribution in [0.15, 0.2) is 18.2 Å². The summed E-state index contributed by atoms with van der Waals surface area (Å²) in [6.07, 6.45) is 0. The Labute approximate surface area is 125 Å². The van der Waals surface area contributed by atoms with Crippen molar-refractivity contribution in [1.82, 2.24) is 9.80 Å². The van der Waals surface area contributed by atoms with E-state index in [1.807, 2.05) is 4.90 Å². The molecule has 0 spiro atoms. The molecule has 0 saturated carbocycles. The van der Waals surface area contributed by atoms with E-state index in [0.717, 1.165) is 32.7 Å². The van der Waals surface area contributed by atoms with Gasteiger partial charge in [-0.3, -0.25) is 9.69 Å². The molecule has 1 aromatic carbocycles. The van der Waals surface area contributed by atoms with Crippen LogP contribution in [0.5, 0.6) is 0 Å². The summed E-state index contributed by atoms with van der Waals surface area (Å²) in [6.45, 7) is 8.90. The van der Waals surface area contributed by atoms with Gasteiger partial charge in [-0.15, -0.1) is 0 Å². The lowest BCUT2D eigenvalue weighted by atomic mass is 10.1. The minimum Gasteiger partial charge on any atom is -0.399 e. The Balaban J connectivity index is 1.98. The monoisotopic (exact) mass is 295 g/mol. The van der Waals surface area contributed by atoms with E-state index in [1.54, 1.807) is 18.2 Å². The third-order valence-electron chi connectivity index (χ3n) is 3.45. The highest BCUT2D eigenvalue weighted by atomic mass is 35.5. The van der Waals surface area contributed by atoms with E-state index in [9.17, 15) is 4.79 Å². The Morgan fingerprint density at radius 1 is 1.25 bits per heavy atom. The second-order valence-corrected chi connectivity index (χ2v) is 6.20. The van der Waals surface area contributed by atoms with E-state index < -0.39 is 0 Å². The first-order chi connectivity index (χ1) is 9.45. The van der Waals surface area contributed by atoms with Crippen molar-refractivity contribution in [2.75, 3.05) is 38.5 Å². The lowest BCUT2D eigenvalue weighted by Crippen LogP contribution is -2.49. The summed E-state index contributed by atoms with van der Waals surface area (Å²) in [5, 5.41) is 0.506. The van der Waals surface area contributed by atoms with E-state index >= 15 is 0 Å². The fraction of sp³-hybridized carbons (Fsp3) is 0.533. The Kier molecular flexibility index (Phi) is 4.89. The second kappa shape index (κ2) is 6.46. The zero-order valence-corrected chi connectivity index (χ0v) is 12.9. The normalized spacial score (nSPS) is 16.7. The minimum absolute atomic E-state index is 0.0170. The van der Waals surface area contributed by atoms with Crippen LogP contribution in [0.1, 0.15) is 24.2 Å². The van der Waals surface area contributed by atoms with Crippen molar-refractivity contribution in [1.29, 1.82) is 0 Å². The molecule has 0 atom stereocenters. The van der Waals surface area contributed by atoms with Gasteiger partial charge in [0.25, 0.3) is 5.91 Å². The number of piperazine rings is 1. The zero-order valence-electron chi connectivity index (χ0n) is 12.1. The third-order valence-corrected chi connectivity index (χ3v) is 3.67. The van der Waals surface area contributed by atoms with E-state index in [4.69, 9.17) is 17.3 Å². The molecular weight excluding hydrogens is 274 g/mol. The lowest BCUT2D eigenvalue weighted by Gasteiger charge is -2.35. The van der Waals surface area contributed by atoms with Crippen molar-refractivity contribution in [2.45, 2.75) is 13.8 Å². The number of nitrogen functional groups attached to an aromatic ring is 1. The third kappa shape index (κ3) is 3.87. The highest BCUT2D eigenvalue weighted by Gasteiger charge is 2.22. The number of hydrogen-bond donors (Lipinski definition) is 1. The van der Waals surface area contributed by atoms with Crippen LogP contribution in [0, 0.1) is 5.92 Å². The topological polar surface area (TPSA) is 49.6 Å². The van der Waals surface area contributed by atoms with Gasteiger partial charge in [0.2, 0.25) is 0 Å². The zero-order chi connectivity index (χ0) is 14.7. The Bertz CT molecular complexity index is 462. The van der Waals surface area contributed by atoms with Crippen LogP contribution in [-0.4, -0.2) is 48.4 Å². The molecule has 2 N–H and O–H groups in total. The Morgan fingerprint density at radius 2 is 1.90 bits per heavy atom. The largest absolute Gasteiger partial charge is 0.399 e. The molecule has 0 bridgehead atoms. The van der Waals surface area contributed by atoms with Crippen LogP contribution < -0.4 is 5.73 Å². The molecule has 1 fully saturated rings. The molecule has 1 aliphatic rings. The molecule has 1 aliphatic heterocycles. The average molecular weight is 296 g/mol. The van der Waals surface area contributed by atoms with E-state index in [2.05, 4.69) is 18.7 Å². The van der Waals surface area contributed by atoms with Gasteiger partial charge in [0, 0.05) is 49.0 Å². The molecule has 110 valence electrons. The number of halogens is 1. The molecule has 0 aromatic heterocycles. The fourth-order valence-corrected chi connectivity index (χ4v) is 2.81. The molecule has 0 aliphatic carbocycles. The van der Waals surface area contributed by atoms with E-state index in [-0.39, 0.29) is 5.91 Å². The quantitative estimate of drug-likeness (QED) is 0.871. The van der Waals surface area contributed by atoms with Gasteiger partial charge in [0.15, 0.2) is 0 Å². The van der Waals surface area contributed by atoms with Crippen LogP contribution in [0.25, 0.3) is 0 Å². The van der Waals surface area contributed by atoms with Crippen LogP contribution in [-0.2, 0) is 0 Å². The van der Waals surface area contributed by atoms with E-state index in [1.165, 1.54) is 0 Å². The van der Waals surface area contributed by atoms with Crippen molar-refractivity contribution < 1.29 is 4.79 Å². The molecule has 4 nitrogen and oxygen atoms in total. The number of nitrogens with two attached hydrogens (primary N) is 1. The summed E-state index contributed by atoms with van der Waals surface area (Å²) in [5.74, 6) is 0.674. The summed E-state index contributed by atoms with van der Waals surface area (Å²) in [5.41, 5.74) is 6.84. The molecule has 20 heavy (non-hydrogen) atoms. The first-order valence-corrected chi connectivity index (χ1v) is 7.41. The maximum Gasteiger partial charge on any atom is 0.254 e. The maximum atomic E-state index is 12.4. The van der Waals surface area contributed by atoms with Crippen molar-refractivity contribution in [3.05, 3.63) is 28.8 Å². The summed E-state index contributed by atoms with van der Waals surface area (Å²) >= 11 is 5.95. The molecule has 2 rings (SSSR count). The minimum atomic E-state index is 0.0170. The number of carbonyl (C=O) groups is 1. The van der Waals surface area contributed by atoms with Crippen LogP contribution in [0.3, 0.4) is 0 Å². The van der Waals surface area contributed by atoms with Crippen molar-refractivity contribution in [3.63, 3.8) is 0 Å². The predicted octanol–water partition coefficient (Wildman–Crippen LogP) is 2.34. The lowest BCUT2D eigenvalue weighted by molar-refractivity contribution is 0.0624. The highest BCUT2D eigenvalue weighted by Crippen LogP contribution is 2.18. The van der Waals surface area contributed by atoms with Gasteiger partial charge in [0.05, 0.1) is 0 Å². The van der Waals surface area contributed by atoms with E-state index in [0.29, 0.717) is 22.2 Å². The molecule has 5 heteroatoms. The molecular formula is C15H22ClN3O. The molecule has 0 radical (unpaired) electrons. The van der Waals surface area contributed by atoms with Crippen LogP contribution >= 0.6 is 11.6 Å². The molecule has 1 amide bonds. The maximum absolute atomic E-state index is 12.4. The Morgan fingerprint density at radius 3 is 2.45 bits per heavy atom. The van der Waals surface area contributed by atoms with Crippen LogP contribution in [0.2, 0.25) is 5.02 Å². The number of nitrogens with zero attached hydrogens (tertiary/aromatic N) is 2. The van der Waals surface area contributed by atoms with Gasteiger partial charge in [-0.25, -0.2) is 0 Å². The average Bonchev–Trinajstić information content (AvgIpc) is 2.37.